The Balaban J connectivity index is 1.33. The molecule has 35 heavy (non-hydrogen) atoms. The topological polar surface area (TPSA) is 29.0 Å². The van der Waals surface area contributed by atoms with E-state index in [-0.39, 0.29) is 0 Å². The lowest BCUT2D eigenvalue weighted by Crippen LogP contribution is -2.27. The molecule has 9 rings (SSSR count). The first-order valence-corrected chi connectivity index (χ1v) is 12.4. The minimum Gasteiger partial charge on any atom is -0.292 e. The molecule has 2 aliphatic carbocycles. The van der Waals surface area contributed by atoms with Crippen LogP contribution in [0.5, 0.6) is 0 Å². The maximum atomic E-state index is 4.85. The summed E-state index contributed by atoms with van der Waals surface area (Å²) in [4.78, 5) is 12.0. The Morgan fingerprint density at radius 1 is 0.571 bits per heavy atom. The molecule has 0 fully saturated rings. The van der Waals surface area contributed by atoms with Crippen molar-refractivity contribution in [2.75, 3.05) is 4.90 Å². The zero-order valence-corrected chi connectivity index (χ0v) is 19.2. The standard InChI is InChI=1S/C32H21N3/c1-2-7-22-18(5-1)13-25-23(22)10-9-19-14-24-26(30(19)25)16-21-17-28-29(8-4-11-33-28)35-31(21)27(24)15-20-6-3-12-34-32(20)35/h1-12,16H,13-15,17H2. The lowest BCUT2D eigenvalue weighted by molar-refractivity contribution is 0.941. The molecule has 3 aromatic carbocycles. The zero-order valence-electron chi connectivity index (χ0n) is 19.2. The van der Waals surface area contributed by atoms with Crippen LogP contribution >= 0.6 is 0 Å². The number of fused-ring (bicyclic) bond motifs is 12. The van der Waals surface area contributed by atoms with Gasteiger partial charge in [-0.1, -0.05) is 42.5 Å². The Hall–Kier alpha value is -4.24. The first-order valence-electron chi connectivity index (χ1n) is 12.4. The summed E-state index contributed by atoms with van der Waals surface area (Å²) in [5.41, 5.74) is 19.5. The normalized spacial score (nSPS) is 14.9. The summed E-state index contributed by atoms with van der Waals surface area (Å²) in [6.45, 7) is 0. The first kappa shape index (κ1) is 18.1. The van der Waals surface area contributed by atoms with Gasteiger partial charge in [-0.2, -0.15) is 0 Å². The molecule has 0 amide bonds. The van der Waals surface area contributed by atoms with Gasteiger partial charge in [0.05, 0.1) is 17.1 Å². The van der Waals surface area contributed by atoms with Crippen molar-refractivity contribution in [3.05, 3.63) is 124 Å². The van der Waals surface area contributed by atoms with Gasteiger partial charge in [-0.3, -0.25) is 9.88 Å². The van der Waals surface area contributed by atoms with Crippen LogP contribution in [0.15, 0.2) is 79.1 Å². The number of hydrogen-bond acceptors (Lipinski definition) is 3. The molecule has 3 heteroatoms. The number of anilines is 3. The lowest BCUT2D eigenvalue weighted by Gasteiger charge is -2.39. The third-order valence-corrected chi connectivity index (χ3v) is 8.44. The van der Waals surface area contributed by atoms with E-state index in [9.17, 15) is 0 Å². The van der Waals surface area contributed by atoms with Crippen molar-refractivity contribution in [1.29, 1.82) is 0 Å². The molecule has 0 spiro atoms. The molecule has 0 bridgehead atoms. The van der Waals surface area contributed by atoms with E-state index in [4.69, 9.17) is 9.97 Å². The Kier molecular flexibility index (Phi) is 3.24. The van der Waals surface area contributed by atoms with Gasteiger partial charge in [-0.25, -0.2) is 4.98 Å². The predicted octanol–water partition coefficient (Wildman–Crippen LogP) is 6.90. The van der Waals surface area contributed by atoms with Gasteiger partial charge < -0.3 is 0 Å². The summed E-state index contributed by atoms with van der Waals surface area (Å²) >= 11 is 0. The fraction of sp³-hybridized carbons (Fsp3) is 0.125. The zero-order chi connectivity index (χ0) is 22.7. The van der Waals surface area contributed by atoms with Crippen LogP contribution < -0.4 is 4.90 Å². The Bertz CT molecular complexity index is 1750. The Morgan fingerprint density at radius 2 is 1.40 bits per heavy atom. The molecule has 5 aromatic rings. The number of hydrogen-bond donors (Lipinski definition) is 0. The maximum Gasteiger partial charge on any atom is 0.141 e. The van der Waals surface area contributed by atoms with Gasteiger partial charge in [0.2, 0.25) is 0 Å². The smallest absolute Gasteiger partial charge is 0.141 e. The monoisotopic (exact) mass is 447 g/mol. The molecular weight excluding hydrogens is 426 g/mol. The van der Waals surface area contributed by atoms with E-state index in [0.29, 0.717) is 0 Å². The molecule has 4 aliphatic rings. The first-order chi connectivity index (χ1) is 17.3. The molecule has 0 unspecified atom stereocenters. The molecule has 0 radical (unpaired) electrons. The third kappa shape index (κ3) is 2.21. The molecule has 3 nitrogen and oxygen atoms in total. The van der Waals surface area contributed by atoms with Crippen LogP contribution in [0.1, 0.15) is 44.6 Å². The van der Waals surface area contributed by atoms with Gasteiger partial charge in [-0.05, 0) is 98.3 Å². The second-order valence-electron chi connectivity index (χ2n) is 10.2. The van der Waals surface area contributed by atoms with Crippen molar-refractivity contribution in [2.45, 2.75) is 25.7 Å². The fourth-order valence-electron chi connectivity index (χ4n) is 7.04. The highest BCUT2D eigenvalue weighted by Gasteiger charge is 2.38. The van der Waals surface area contributed by atoms with E-state index >= 15 is 0 Å². The number of nitrogens with zero attached hydrogens (tertiary/aromatic N) is 3. The van der Waals surface area contributed by atoms with Crippen molar-refractivity contribution < 1.29 is 0 Å². The fourth-order valence-corrected chi connectivity index (χ4v) is 7.04. The van der Waals surface area contributed by atoms with Crippen LogP contribution in [0, 0.1) is 0 Å². The van der Waals surface area contributed by atoms with E-state index < -0.39 is 0 Å². The molecule has 0 saturated carbocycles. The van der Waals surface area contributed by atoms with Crippen LogP contribution in [-0.4, -0.2) is 9.97 Å². The average molecular weight is 448 g/mol. The molecule has 2 aliphatic heterocycles. The quantitative estimate of drug-likeness (QED) is 0.253. The van der Waals surface area contributed by atoms with Gasteiger partial charge in [0.1, 0.15) is 5.82 Å². The van der Waals surface area contributed by atoms with E-state index in [1.165, 1.54) is 72.6 Å². The van der Waals surface area contributed by atoms with Crippen molar-refractivity contribution >= 4 is 17.2 Å². The van der Waals surface area contributed by atoms with Crippen LogP contribution in [0.2, 0.25) is 0 Å². The molecule has 0 saturated heterocycles. The van der Waals surface area contributed by atoms with Crippen molar-refractivity contribution in [3.8, 4) is 22.3 Å². The lowest BCUT2D eigenvalue weighted by atomic mass is 9.84. The molecule has 4 heterocycles. The van der Waals surface area contributed by atoms with Crippen LogP contribution in [0.25, 0.3) is 22.3 Å². The Morgan fingerprint density at radius 3 is 2.40 bits per heavy atom. The van der Waals surface area contributed by atoms with Gasteiger partial charge >= 0.3 is 0 Å². The van der Waals surface area contributed by atoms with Crippen LogP contribution in [0.3, 0.4) is 0 Å². The van der Waals surface area contributed by atoms with Crippen molar-refractivity contribution in [2.24, 2.45) is 0 Å². The Labute approximate surface area is 203 Å². The van der Waals surface area contributed by atoms with E-state index in [1.54, 1.807) is 0 Å². The largest absolute Gasteiger partial charge is 0.292 e. The summed E-state index contributed by atoms with van der Waals surface area (Å²) in [7, 11) is 0. The highest BCUT2D eigenvalue weighted by atomic mass is 15.2. The van der Waals surface area contributed by atoms with Crippen LogP contribution in [-0.2, 0) is 25.7 Å². The number of benzene rings is 3. The van der Waals surface area contributed by atoms with Gasteiger partial charge in [0.25, 0.3) is 0 Å². The summed E-state index contributed by atoms with van der Waals surface area (Å²) in [6.07, 6.45) is 7.69. The molecule has 164 valence electrons. The number of pyridine rings is 2. The maximum absolute atomic E-state index is 4.85. The highest BCUT2D eigenvalue weighted by Crippen LogP contribution is 2.55. The van der Waals surface area contributed by atoms with Crippen LogP contribution in [0.4, 0.5) is 17.2 Å². The number of aromatic nitrogens is 2. The summed E-state index contributed by atoms with van der Waals surface area (Å²) in [6, 6.07) is 24.7. The minimum atomic E-state index is 0.870. The predicted molar refractivity (Wildman–Crippen MR) is 139 cm³/mol. The molecule has 2 aromatic heterocycles. The average Bonchev–Trinajstić information content (AvgIpc) is 3.47. The van der Waals surface area contributed by atoms with Crippen molar-refractivity contribution in [3.63, 3.8) is 0 Å². The minimum absolute atomic E-state index is 0.870. The summed E-state index contributed by atoms with van der Waals surface area (Å²) in [5.74, 6) is 1.06. The van der Waals surface area contributed by atoms with Gasteiger partial charge in [-0.15, -0.1) is 0 Å². The third-order valence-electron chi connectivity index (χ3n) is 8.44. The SMILES string of the molecule is c1ccc2c(c1)Cc1c-2ccc2c1-c1cc3c4c(c1C2)Cc1cccnc1N4c1cccnc1C3. The second-order valence-corrected chi connectivity index (χ2v) is 10.2. The van der Waals surface area contributed by atoms with Gasteiger partial charge in [0.15, 0.2) is 0 Å². The highest BCUT2D eigenvalue weighted by molar-refractivity contribution is 5.95. The summed E-state index contributed by atoms with van der Waals surface area (Å²) < 4.78 is 0. The second kappa shape index (κ2) is 6.25. The van der Waals surface area contributed by atoms with Crippen molar-refractivity contribution in [1.82, 2.24) is 9.97 Å². The molecule has 0 N–H and O–H groups in total. The van der Waals surface area contributed by atoms with Gasteiger partial charge in [0, 0.05) is 25.2 Å². The van der Waals surface area contributed by atoms with E-state index in [1.807, 2.05) is 18.5 Å². The van der Waals surface area contributed by atoms with E-state index in [0.717, 1.165) is 37.2 Å². The summed E-state index contributed by atoms with van der Waals surface area (Å²) in [5, 5.41) is 0. The number of rotatable bonds is 0. The molecular formula is C32H21N3. The van der Waals surface area contributed by atoms with E-state index in [2.05, 4.69) is 65.6 Å². The molecule has 0 atom stereocenters.